The van der Waals surface area contributed by atoms with Crippen LogP contribution in [0.2, 0.25) is 0 Å². The van der Waals surface area contributed by atoms with Gasteiger partial charge in [-0.15, -0.1) is 0 Å². The Hall–Kier alpha value is -3.92. The van der Waals surface area contributed by atoms with Crippen molar-refractivity contribution < 1.29 is 29.7 Å². The van der Waals surface area contributed by atoms with Crippen LogP contribution in [0.4, 0.5) is 5.82 Å². The summed E-state index contributed by atoms with van der Waals surface area (Å²) in [5.41, 5.74) is 0.334. The summed E-state index contributed by atoms with van der Waals surface area (Å²) >= 11 is 0. The second-order valence-corrected chi connectivity index (χ2v) is 8.35. The van der Waals surface area contributed by atoms with Gasteiger partial charge in [-0.3, -0.25) is 14.7 Å². The molecule has 1 aromatic carbocycles. The Morgan fingerprint density at radius 2 is 1.76 bits per heavy atom. The highest BCUT2D eigenvalue weighted by atomic mass is 16.4. The van der Waals surface area contributed by atoms with Gasteiger partial charge < -0.3 is 25.5 Å². The molecule has 10 heteroatoms. The van der Waals surface area contributed by atoms with E-state index in [1.54, 1.807) is 0 Å². The van der Waals surface area contributed by atoms with Gasteiger partial charge in [0.15, 0.2) is 0 Å². The molecule has 0 bridgehead atoms. The van der Waals surface area contributed by atoms with Crippen molar-refractivity contribution in [1.29, 1.82) is 0 Å². The van der Waals surface area contributed by atoms with Gasteiger partial charge in [-0.05, 0) is 18.9 Å². The fourth-order valence-corrected chi connectivity index (χ4v) is 3.81. The van der Waals surface area contributed by atoms with Crippen molar-refractivity contribution in [2.45, 2.75) is 19.3 Å². The average molecular weight is 469 g/mol. The minimum absolute atomic E-state index is 0.0359. The number of hydrogen-bond acceptors (Lipinski definition) is 6. The van der Waals surface area contributed by atoms with E-state index in [4.69, 9.17) is 10.2 Å². The minimum atomic E-state index is -1.08. The van der Waals surface area contributed by atoms with E-state index in [-0.39, 0.29) is 12.0 Å². The summed E-state index contributed by atoms with van der Waals surface area (Å²) in [6.45, 7) is 5.14. The Bertz CT molecular complexity index is 1090. The predicted octanol–water partition coefficient (Wildman–Crippen LogP) is 2.08. The van der Waals surface area contributed by atoms with Gasteiger partial charge in [-0.2, -0.15) is 5.10 Å². The van der Waals surface area contributed by atoms with Crippen molar-refractivity contribution >= 4 is 23.7 Å². The molecule has 1 aliphatic heterocycles. The molecule has 0 saturated carbocycles. The lowest BCUT2D eigenvalue weighted by atomic mass is 9.80. The third kappa shape index (κ3) is 5.90. The number of rotatable bonds is 6. The number of carbonyl (C=O) groups is 3. The Kier molecular flexibility index (Phi) is 7.85. The number of anilines is 1. The van der Waals surface area contributed by atoms with Gasteiger partial charge in [0.05, 0.1) is 11.1 Å². The van der Waals surface area contributed by atoms with E-state index in [9.17, 15) is 19.5 Å². The number of carboxylic acids is 3. The lowest BCUT2D eigenvalue weighted by molar-refractivity contribution is -0.145. The first-order valence-electron chi connectivity index (χ1n) is 10.8. The summed E-state index contributed by atoms with van der Waals surface area (Å²) in [5, 5.41) is 37.5. The number of benzene rings is 1. The molecule has 0 amide bonds. The molecule has 2 aromatic rings. The van der Waals surface area contributed by atoms with Crippen LogP contribution in [0.5, 0.6) is 0 Å². The van der Waals surface area contributed by atoms with Crippen LogP contribution in [0.15, 0.2) is 60.2 Å². The molecule has 10 nitrogen and oxygen atoms in total. The smallest absolute Gasteiger partial charge is 0.331 e. The zero-order valence-electron chi connectivity index (χ0n) is 18.8. The molecule has 180 valence electrons. The number of H-pyrrole nitrogens is 1. The van der Waals surface area contributed by atoms with Crippen LogP contribution in [0.25, 0.3) is 0 Å². The van der Waals surface area contributed by atoms with Crippen molar-refractivity contribution in [3.63, 3.8) is 0 Å². The fourth-order valence-electron chi connectivity index (χ4n) is 3.81. The van der Waals surface area contributed by atoms with E-state index in [1.165, 1.54) is 25.2 Å². The monoisotopic (exact) mass is 468 g/mol. The summed E-state index contributed by atoms with van der Waals surface area (Å²) in [6, 6.07) is 11.0. The van der Waals surface area contributed by atoms with Crippen LogP contribution in [-0.2, 0) is 14.4 Å². The molecule has 2 aliphatic rings. The fraction of sp³-hybridized carbons (Fsp3) is 0.333. The van der Waals surface area contributed by atoms with E-state index in [0.717, 1.165) is 37.6 Å². The molecule has 1 fully saturated rings. The van der Waals surface area contributed by atoms with Crippen molar-refractivity contribution in [3.8, 4) is 0 Å². The van der Waals surface area contributed by atoms with Crippen molar-refractivity contribution in [2.75, 3.05) is 31.1 Å². The standard InChI is InChI=1S/C15H18N4O2.C9H10O4/c20-15(21)14(11-4-2-1-3-5-11)12-10-13(18-17-12)19-8-6-16-7-9-19;1-9(8(12)13)4-2-3-6(5-9)7(10)11/h1-5,10,14,16H,6-9H2,(H,17,18)(H,20,21);2-4H,5H2,1H3,(H,10,11)(H,12,13). The normalized spacial score (nSPS) is 20.5. The van der Waals surface area contributed by atoms with Gasteiger partial charge in [0, 0.05) is 37.8 Å². The van der Waals surface area contributed by atoms with Crippen LogP contribution in [0.1, 0.15) is 30.5 Å². The minimum Gasteiger partial charge on any atom is -0.481 e. The van der Waals surface area contributed by atoms with Crippen molar-refractivity contribution in [1.82, 2.24) is 15.5 Å². The Morgan fingerprint density at radius 1 is 1.09 bits per heavy atom. The highest BCUT2D eigenvalue weighted by Gasteiger charge is 2.34. The lowest BCUT2D eigenvalue weighted by Gasteiger charge is -2.27. The highest BCUT2D eigenvalue weighted by molar-refractivity contribution is 5.90. The van der Waals surface area contributed by atoms with Gasteiger partial charge in [0.25, 0.3) is 0 Å². The maximum Gasteiger partial charge on any atom is 0.331 e. The SMILES string of the molecule is CC1(C(=O)O)C=CC=C(C(=O)O)C1.O=C(O)C(c1ccccc1)c1cc(N2CCNCC2)[nH]n1. The summed E-state index contributed by atoms with van der Waals surface area (Å²) in [7, 11) is 0. The quantitative estimate of drug-likeness (QED) is 0.428. The number of aromatic nitrogens is 2. The van der Waals surface area contributed by atoms with Gasteiger partial charge in [-0.1, -0.05) is 48.6 Å². The molecule has 34 heavy (non-hydrogen) atoms. The third-order valence-electron chi connectivity index (χ3n) is 5.80. The highest BCUT2D eigenvalue weighted by Crippen LogP contribution is 2.31. The number of hydrogen-bond donors (Lipinski definition) is 5. The van der Waals surface area contributed by atoms with E-state index in [0.29, 0.717) is 5.69 Å². The molecule has 1 aliphatic carbocycles. The first-order chi connectivity index (χ1) is 16.2. The predicted molar refractivity (Wildman–Crippen MR) is 125 cm³/mol. The molecule has 2 heterocycles. The van der Waals surface area contributed by atoms with Crippen LogP contribution in [0, 0.1) is 5.41 Å². The number of piperazine rings is 1. The lowest BCUT2D eigenvalue weighted by Crippen LogP contribution is -2.43. The van der Waals surface area contributed by atoms with Crippen LogP contribution >= 0.6 is 0 Å². The Morgan fingerprint density at radius 3 is 2.35 bits per heavy atom. The molecule has 5 N–H and O–H groups in total. The first-order valence-corrected chi connectivity index (χ1v) is 10.8. The number of aromatic amines is 1. The molecule has 0 radical (unpaired) electrons. The van der Waals surface area contributed by atoms with Crippen molar-refractivity contribution in [3.05, 3.63) is 71.5 Å². The second-order valence-electron chi connectivity index (χ2n) is 8.35. The van der Waals surface area contributed by atoms with E-state index in [2.05, 4.69) is 20.4 Å². The molecule has 2 unspecified atom stereocenters. The van der Waals surface area contributed by atoms with Gasteiger partial charge in [-0.25, -0.2) is 4.79 Å². The molecular weight excluding hydrogens is 440 g/mol. The zero-order chi connectivity index (χ0) is 24.7. The van der Waals surface area contributed by atoms with Gasteiger partial charge in [0.1, 0.15) is 11.7 Å². The number of nitrogens with one attached hydrogen (secondary N) is 2. The maximum absolute atomic E-state index is 11.6. The van der Waals surface area contributed by atoms with Gasteiger partial charge in [0.2, 0.25) is 0 Å². The van der Waals surface area contributed by atoms with Crippen LogP contribution in [0.3, 0.4) is 0 Å². The summed E-state index contributed by atoms with van der Waals surface area (Å²) in [5.74, 6) is -2.81. The Labute approximate surface area is 196 Å². The Balaban J connectivity index is 0.000000215. The number of nitrogens with zero attached hydrogens (tertiary/aromatic N) is 2. The zero-order valence-corrected chi connectivity index (χ0v) is 18.8. The van der Waals surface area contributed by atoms with Gasteiger partial charge >= 0.3 is 17.9 Å². The summed E-state index contributed by atoms with van der Waals surface area (Å²) in [4.78, 5) is 35.1. The number of carboxylic acid groups (broad SMARTS) is 3. The molecule has 0 spiro atoms. The summed E-state index contributed by atoms with van der Waals surface area (Å²) < 4.78 is 0. The third-order valence-corrected chi connectivity index (χ3v) is 5.80. The van der Waals surface area contributed by atoms with E-state index in [1.807, 2.05) is 36.4 Å². The van der Waals surface area contributed by atoms with E-state index < -0.39 is 29.2 Å². The average Bonchev–Trinajstić information content (AvgIpc) is 3.30. The molecular formula is C24H28N4O6. The number of aliphatic carboxylic acids is 3. The van der Waals surface area contributed by atoms with Crippen molar-refractivity contribution in [2.24, 2.45) is 5.41 Å². The maximum atomic E-state index is 11.6. The topological polar surface area (TPSA) is 156 Å². The molecule has 1 aromatic heterocycles. The number of allylic oxidation sites excluding steroid dienone is 2. The first kappa shape index (κ1) is 24.7. The van der Waals surface area contributed by atoms with E-state index >= 15 is 0 Å². The molecule has 4 rings (SSSR count). The van der Waals surface area contributed by atoms with Crippen LogP contribution < -0.4 is 10.2 Å². The van der Waals surface area contributed by atoms with Crippen LogP contribution in [-0.4, -0.2) is 69.6 Å². The second kappa shape index (κ2) is 10.8. The molecule has 2 atom stereocenters. The largest absolute Gasteiger partial charge is 0.481 e. The summed E-state index contributed by atoms with van der Waals surface area (Å²) in [6.07, 6.45) is 4.43. The molecule has 1 saturated heterocycles.